The lowest BCUT2D eigenvalue weighted by molar-refractivity contribution is 1.27. The molecule has 0 bridgehead atoms. The molecule has 0 saturated heterocycles. The number of benzene rings is 4. The van der Waals surface area contributed by atoms with Crippen LogP contribution in [0.4, 0.5) is 17.1 Å². The molecule has 0 heterocycles. The summed E-state index contributed by atoms with van der Waals surface area (Å²) in [6, 6.07) is 33.9. The van der Waals surface area contributed by atoms with E-state index >= 15 is 0 Å². The van der Waals surface area contributed by atoms with Gasteiger partial charge in [0.25, 0.3) is 0 Å². The third kappa shape index (κ3) is 3.95. The van der Waals surface area contributed by atoms with Crippen LogP contribution in [0.25, 0.3) is 11.1 Å². The summed E-state index contributed by atoms with van der Waals surface area (Å²) in [5.41, 5.74) is 8.27. The number of rotatable bonds is 4. The van der Waals surface area contributed by atoms with Crippen LogP contribution in [-0.2, 0) is 0 Å². The minimum atomic E-state index is 0.755. The molecule has 0 unspecified atom stereocenters. The monoisotopic (exact) mass is 383 g/mol. The molecule has 0 aliphatic heterocycles. The van der Waals surface area contributed by atoms with E-state index in [0.29, 0.717) is 0 Å². The molecule has 0 aromatic heterocycles. The van der Waals surface area contributed by atoms with Gasteiger partial charge < -0.3 is 4.90 Å². The Balaban J connectivity index is 1.74. The molecule has 0 aliphatic rings. The number of halogens is 1. The fraction of sp³-hybridized carbons (Fsp3) is 0.0769. The largest absolute Gasteiger partial charge is 0.311 e. The van der Waals surface area contributed by atoms with E-state index in [0.717, 1.165) is 27.6 Å². The highest BCUT2D eigenvalue weighted by Crippen LogP contribution is 2.35. The van der Waals surface area contributed by atoms with Gasteiger partial charge in [0.2, 0.25) is 0 Å². The second kappa shape index (κ2) is 7.92. The number of aryl methyl sites for hydroxylation is 2. The van der Waals surface area contributed by atoms with Crippen molar-refractivity contribution in [1.29, 1.82) is 0 Å². The van der Waals surface area contributed by atoms with Crippen molar-refractivity contribution in [2.24, 2.45) is 0 Å². The summed E-state index contributed by atoms with van der Waals surface area (Å²) in [6.45, 7) is 4.22. The molecule has 0 amide bonds. The Hall–Kier alpha value is -3.03. The van der Waals surface area contributed by atoms with Crippen LogP contribution in [-0.4, -0.2) is 0 Å². The zero-order valence-electron chi connectivity index (χ0n) is 16.1. The van der Waals surface area contributed by atoms with Crippen LogP contribution >= 0.6 is 11.6 Å². The Morgan fingerprint density at radius 3 is 1.18 bits per heavy atom. The van der Waals surface area contributed by atoms with Gasteiger partial charge in [-0.25, -0.2) is 0 Å². The van der Waals surface area contributed by atoms with Crippen molar-refractivity contribution in [3.8, 4) is 11.1 Å². The quantitative estimate of drug-likeness (QED) is 0.344. The molecule has 0 saturated carbocycles. The van der Waals surface area contributed by atoms with Gasteiger partial charge in [0.05, 0.1) is 0 Å². The summed E-state index contributed by atoms with van der Waals surface area (Å²) < 4.78 is 0. The second-order valence-electron chi connectivity index (χ2n) is 7.06. The van der Waals surface area contributed by atoms with E-state index in [2.05, 4.69) is 104 Å². The van der Waals surface area contributed by atoms with Crippen LogP contribution in [0.2, 0.25) is 5.02 Å². The van der Waals surface area contributed by atoms with E-state index in [1.54, 1.807) is 0 Å². The number of nitrogens with zero attached hydrogens (tertiary/aromatic N) is 1. The van der Waals surface area contributed by atoms with Gasteiger partial charge in [0.1, 0.15) is 0 Å². The Morgan fingerprint density at radius 2 is 0.786 bits per heavy atom. The van der Waals surface area contributed by atoms with Gasteiger partial charge in [-0.15, -0.1) is 0 Å². The highest BCUT2D eigenvalue weighted by atomic mass is 35.5. The predicted octanol–water partition coefficient (Wildman–Crippen LogP) is 8.09. The van der Waals surface area contributed by atoms with E-state index in [4.69, 9.17) is 11.6 Å². The van der Waals surface area contributed by atoms with Crippen LogP contribution in [0.15, 0.2) is 97.1 Å². The van der Waals surface area contributed by atoms with Gasteiger partial charge in [-0.05, 0) is 73.5 Å². The summed E-state index contributed by atoms with van der Waals surface area (Å²) >= 11 is 6.02. The molecule has 0 aliphatic carbocycles. The Bertz CT molecular complexity index is 1000. The van der Waals surface area contributed by atoms with Crippen molar-refractivity contribution in [3.63, 3.8) is 0 Å². The van der Waals surface area contributed by atoms with Crippen molar-refractivity contribution in [1.82, 2.24) is 0 Å². The lowest BCUT2D eigenvalue weighted by Crippen LogP contribution is -2.09. The molecule has 0 spiro atoms. The standard InChI is InChI=1S/C26H22ClN/c1-19-3-13-24(14-4-19)28(25-15-5-20(2)6-16-25)26-17-9-22(10-18-26)21-7-11-23(27)12-8-21/h3-18H,1-2H3. The molecule has 138 valence electrons. The van der Waals surface area contributed by atoms with E-state index in [1.807, 2.05) is 12.1 Å². The van der Waals surface area contributed by atoms with Gasteiger partial charge in [0.15, 0.2) is 0 Å². The summed E-state index contributed by atoms with van der Waals surface area (Å²) in [6.07, 6.45) is 0. The first-order valence-corrected chi connectivity index (χ1v) is 9.77. The van der Waals surface area contributed by atoms with E-state index in [9.17, 15) is 0 Å². The molecule has 2 heteroatoms. The minimum Gasteiger partial charge on any atom is -0.311 e. The average molecular weight is 384 g/mol. The van der Waals surface area contributed by atoms with Crippen molar-refractivity contribution in [2.45, 2.75) is 13.8 Å². The number of hydrogen-bond acceptors (Lipinski definition) is 1. The third-order valence-electron chi connectivity index (χ3n) is 4.89. The minimum absolute atomic E-state index is 0.755. The SMILES string of the molecule is Cc1ccc(N(c2ccc(C)cc2)c2ccc(-c3ccc(Cl)cc3)cc2)cc1. The normalized spacial score (nSPS) is 10.7. The van der Waals surface area contributed by atoms with Gasteiger partial charge in [-0.2, -0.15) is 0 Å². The summed E-state index contributed by atoms with van der Waals surface area (Å²) in [5.74, 6) is 0. The van der Waals surface area contributed by atoms with Crippen molar-refractivity contribution >= 4 is 28.7 Å². The van der Waals surface area contributed by atoms with Crippen molar-refractivity contribution in [3.05, 3.63) is 113 Å². The molecule has 0 N–H and O–H groups in total. The zero-order valence-corrected chi connectivity index (χ0v) is 16.8. The van der Waals surface area contributed by atoms with Crippen LogP contribution in [0.1, 0.15) is 11.1 Å². The van der Waals surface area contributed by atoms with E-state index in [-0.39, 0.29) is 0 Å². The topological polar surface area (TPSA) is 3.24 Å². The Morgan fingerprint density at radius 1 is 0.464 bits per heavy atom. The molecule has 0 atom stereocenters. The van der Waals surface area contributed by atoms with Crippen LogP contribution < -0.4 is 4.90 Å². The second-order valence-corrected chi connectivity index (χ2v) is 7.50. The number of hydrogen-bond donors (Lipinski definition) is 0. The summed E-state index contributed by atoms with van der Waals surface area (Å²) in [5, 5.41) is 0.755. The van der Waals surface area contributed by atoms with E-state index < -0.39 is 0 Å². The molecular weight excluding hydrogens is 362 g/mol. The fourth-order valence-corrected chi connectivity index (χ4v) is 3.41. The van der Waals surface area contributed by atoms with Crippen LogP contribution in [0.5, 0.6) is 0 Å². The summed E-state index contributed by atoms with van der Waals surface area (Å²) in [7, 11) is 0. The molecular formula is C26H22ClN. The lowest BCUT2D eigenvalue weighted by atomic mass is 10.0. The van der Waals surface area contributed by atoms with Gasteiger partial charge in [0, 0.05) is 22.1 Å². The predicted molar refractivity (Wildman–Crippen MR) is 121 cm³/mol. The van der Waals surface area contributed by atoms with Gasteiger partial charge in [-0.3, -0.25) is 0 Å². The molecule has 4 aromatic carbocycles. The smallest absolute Gasteiger partial charge is 0.0462 e. The fourth-order valence-electron chi connectivity index (χ4n) is 3.28. The first-order chi connectivity index (χ1) is 13.6. The molecule has 4 aromatic rings. The highest BCUT2D eigenvalue weighted by Gasteiger charge is 2.12. The van der Waals surface area contributed by atoms with E-state index in [1.165, 1.54) is 16.7 Å². The van der Waals surface area contributed by atoms with Gasteiger partial charge >= 0.3 is 0 Å². The average Bonchev–Trinajstić information content (AvgIpc) is 2.72. The van der Waals surface area contributed by atoms with Crippen molar-refractivity contribution in [2.75, 3.05) is 4.90 Å². The van der Waals surface area contributed by atoms with Crippen LogP contribution in [0, 0.1) is 13.8 Å². The first kappa shape index (κ1) is 18.3. The zero-order chi connectivity index (χ0) is 19.5. The molecule has 28 heavy (non-hydrogen) atoms. The summed E-state index contributed by atoms with van der Waals surface area (Å²) in [4.78, 5) is 2.28. The van der Waals surface area contributed by atoms with Gasteiger partial charge in [-0.1, -0.05) is 71.3 Å². The maximum atomic E-state index is 6.02. The van der Waals surface area contributed by atoms with Crippen molar-refractivity contribution < 1.29 is 0 Å². The molecule has 1 nitrogen and oxygen atoms in total. The lowest BCUT2D eigenvalue weighted by Gasteiger charge is -2.26. The first-order valence-electron chi connectivity index (χ1n) is 9.40. The molecule has 4 rings (SSSR count). The number of anilines is 3. The highest BCUT2D eigenvalue weighted by molar-refractivity contribution is 6.30. The third-order valence-corrected chi connectivity index (χ3v) is 5.14. The van der Waals surface area contributed by atoms with Crippen LogP contribution in [0.3, 0.4) is 0 Å². The Labute approximate surface area is 171 Å². The maximum absolute atomic E-state index is 6.02. The molecule has 0 radical (unpaired) electrons. The molecule has 0 fully saturated rings. The Kier molecular flexibility index (Phi) is 5.18. The maximum Gasteiger partial charge on any atom is 0.0462 e.